The van der Waals surface area contributed by atoms with E-state index >= 15 is 0 Å². The predicted molar refractivity (Wildman–Crippen MR) is 78.1 cm³/mol. The molecule has 0 atom stereocenters. The Labute approximate surface area is 113 Å². The van der Waals surface area contributed by atoms with Crippen LogP contribution in [0.1, 0.15) is 12.6 Å². The van der Waals surface area contributed by atoms with Crippen LogP contribution in [0, 0.1) is 0 Å². The van der Waals surface area contributed by atoms with Gasteiger partial charge in [0, 0.05) is 25.4 Å². The largest absolute Gasteiger partial charge is 0.370 e. The highest BCUT2D eigenvalue weighted by Crippen LogP contribution is 2.18. The Hall–Kier alpha value is -0.450. The number of rotatable bonds is 7. The smallest absolute Gasteiger partial charge is 0.126 e. The summed E-state index contributed by atoms with van der Waals surface area (Å²) in [7, 11) is 2.09. The molecule has 0 saturated heterocycles. The van der Waals surface area contributed by atoms with E-state index in [4.69, 9.17) is 11.6 Å². The number of hydrogen-bond donors (Lipinski definition) is 1. The van der Waals surface area contributed by atoms with E-state index in [0.717, 1.165) is 41.9 Å². The van der Waals surface area contributed by atoms with E-state index in [9.17, 15) is 0 Å². The van der Waals surface area contributed by atoms with Crippen molar-refractivity contribution in [2.45, 2.75) is 13.5 Å². The molecule has 0 aliphatic carbocycles. The Balaban J connectivity index is 2.64. The molecule has 1 rings (SSSR count). The maximum atomic E-state index is 6.15. The van der Waals surface area contributed by atoms with Crippen LogP contribution in [-0.2, 0) is 6.54 Å². The van der Waals surface area contributed by atoms with Crippen LogP contribution in [0.2, 0.25) is 5.02 Å². The Morgan fingerprint density at radius 1 is 1.47 bits per heavy atom. The van der Waals surface area contributed by atoms with Gasteiger partial charge in [-0.1, -0.05) is 11.6 Å². The first-order chi connectivity index (χ1) is 8.17. The first-order valence-electron chi connectivity index (χ1n) is 5.74. The highest BCUT2D eigenvalue weighted by Gasteiger charge is 2.07. The van der Waals surface area contributed by atoms with Gasteiger partial charge < -0.3 is 5.32 Å². The summed E-state index contributed by atoms with van der Waals surface area (Å²) in [6.07, 6.45) is 2.12. The van der Waals surface area contributed by atoms with Crippen LogP contribution in [0.4, 0.5) is 5.82 Å². The van der Waals surface area contributed by atoms with E-state index < -0.39 is 0 Å². The van der Waals surface area contributed by atoms with Crippen LogP contribution >= 0.6 is 23.4 Å². The van der Waals surface area contributed by atoms with Crippen LogP contribution in [0.15, 0.2) is 12.1 Å². The molecule has 1 aromatic rings. The van der Waals surface area contributed by atoms with Crippen LogP contribution < -0.4 is 5.32 Å². The van der Waals surface area contributed by atoms with Crippen molar-refractivity contribution >= 4 is 29.2 Å². The average Bonchev–Trinajstić information content (AvgIpc) is 2.31. The molecule has 3 nitrogen and oxygen atoms in total. The van der Waals surface area contributed by atoms with Gasteiger partial charge in [0.05, 0.1) is 10.7 Å². The third kappa shape index (κ3) is 5.15. The van der Waals surface area contributed by atoms with E-state index in [1.807, 2.05) is 23.9 Å². The molecule has 5 heteroatoms. The molecule has 0 spiro atoms. The zero-order chi connectivity index (χ0) is 12.7. The SMILES string of the molecule is CCNc1ccc(Cl)c(CN(C)CCSC)n1. The highest BCUT2D eigenvalue weighted by atomic mass is 35.5. The van der Waals surface area contributed by atoms with Crippen molar-refractivity contribution in [3.63, 3.8) is 0 Å². The normalized spacial score (nSPS) is 10.9. The highest BCUT2D eigenvalue weighted by molar-refractivity contribution is 7.98. The summed E-state index contributed by atoms with van der Waals surface area (Å²) in [6.45, 7) is 4.76. The van der Waals surface area contributed by atoms with Crippen molar-refractivity contribution in [1.82, 2.24) is 9.88 Å². The number of hydrogen-bond acceptors (Lipinski definition) is 4. The maximum Gasteiger partial charge on any atom is 0.126 e. The zero-order valence-electron chi connectivity index (χ0n) is 10.7. The fourth-order valence-electron chi connectivity index (χ4n) is 1.46. The second kappa shape index (κ2) is 7.80. The average molecular weight is 274 g/mol. The number of nitrogens with zero attached hydrogens (tertiary/aromatic N) is 2. The first kappa shape index (κ1) is 14.6. The molecule has 0 aliphatic rings. The van der Waals surface area contributed by atoms with Gasteiger partial charge in [-0.15, -0.1) is 0 Å². The summed E-state index contributed by atoms with van der Waals surface area (Å²) < 4.78 is 0. The van der Waals surface area contributed by atoms with Gasteiger partial charge >= 0.3 is 0 Å². The Bertz CT molecular complexity index is 347. The van der Waals surface area contributed by atoms with Gasteiger partial charge in [0.15, 0.2) is 0 Å². The molecule has 1 N–H and O–H groups in total. The monoisotopic (exact) mass is 273 g/mol. The van der Waals surface area contributed by atoms with Gasteiger partial charge in [0.2, 0.25) is 0 Å². The van der Waals surface area contributed by atoms with Gasteiger partial charge in [-0.25, -0.2) is 4.98 Å². The van der Waals surface area contributed by atoms with Crippen LogP contribution in [0.3, 0.4) is 0 Å². The summed E-state index contributed by atoms with van der Waals surface area (Å²) in [5, 5.41) is 3.94. The van der Waals surface area contributed by atoms with Crippen LogP contribution in [0.5, 0.6) is 0 Å². The summed E-state index contributed by atoms with van der Waals surface area (Å²) in [4.78, 5) is 6.76. The summed E-state index contributed by atoms with van der Waals surface area (Å²) in [6, 6.07) is 3.82. The second-order valence-corrected chi connectivity index (χ2v) is 5.28. The maximum absolute atomic E-state index is 6.15. The minimum absolute atomic E-state index is 0.739. The number of aromatic nitrogens is 1. The summed E-state index contributed by atoms with van der Waals surface area (Å²) >= 11 is 8.00. The molecule has 96 valence electrons. The van der Waals surface area contributed by atoms with E-state index in [1.165, 1.54) is 0 Å². The van der Waals surface area contributed by atoms with Crippen molar-refractivity contribution < 1.29 is 0 Å². The van der Waals surface area contributed by atoms with E-state index in [0.29, 0.717) is 0 Å². The van der Waals surface area contributed by atoms with Gasteiger partial charge in [-0.3, -0.25) is 4.90 Å². The first-order valence-corrected chi connectivity index (χ1v) is 7.51. The Kier molecular flexibility index (Phi) is 6.70. The van der Waals surface area contributed by atoms with Crippen molar-refractivity contribution in [1.29, 1.82) is 0 Å². The van der Waals surface area contributed by atoms with Crippen molar-refractivity contribution in [3.8, 4) is 0 Å². The number of thioether (sulfide) groups is 1. The predicted octanol–water partition coefficient (Wildman–Crippen LogP) is 2.96. The lowest BCUT2D eigenvalue weighted by atomic mass is 10.3. The van der Waals surface area contributed by atoms with Gasteiger partial charge in [-0.05, 0) is 32.4 Å². The van der Waals surface area contributed by atoms with Crippen molar-refractivity contribution in [3.05, 3.63) is 22.8 Å². The summed E-state index contributed by atoms with van der Waals surface area (Å²) in [5.74, 6) is 2.02. The Morgan fingerprint density at radius 2 is 2.24 bits per heavy atom. The molecule has 0 unspecified atom stereocenters. The molecule has 0 radical (unpaired) electrons. The van der Waals surface area contributed by atoms with E-state index in [1.54, 1.807) is 0 Å². The summed E-state index contributed by atoms with van der Waals surface area (Å²) in [5.41, 5.74) is 0.939. The lowest BCUT2D eigenvalue weighted by Gasteiger charge is -2.16. The zero-order valence-corrected chi connectivity index (χ0v) is 12.2. The van der Waals surface area contributed by atoms with Crippen molar-refractivity contribution in [2.75, 3.05) is 37.5 Å². The van der Waals surface area contributed by atoms with E-state index in [-0.39, 0.29) is 0 Å². The third-order valence-corrected chi connectivity index (χ3v) is 3.31. The molecule has 17 heavy (non-hydrogen) atoms. The molecule has 1 heterocycles. The van der Waals surface area contributed by atoms with Gasteiger partial charge in [-0.2, -0.15) is 11.8 Å². The Morgan fingerprint density at radius 3 is 2.88 bits per heavy atom. The molecule has 0 saturated carbocycles. The lowest BCUT2D eigenvalue weighted by Crippen LogP contribution is -2.21. The topological polar surface area (TPSA) is 28.2 Å². The lowest BCUT2D eigenvalue weighted by molar-refractivity contribution is 0.344. The minimum atomic E-state index is 0.739. The quantitative estimate of drug-likeness (QED) is 0.827. The van der Waals surface area contributed by atoms with Gasteiger partial charge in [0.1, 0.15) is 5.82 Å². The van der Waals surface area contributed by atoms with Crippen LogP contribution in [0.25, 0.3) is 0 Å². The molecule has 0 aromatic carbocycles. The molecule has 1 aromatic heterocycles. The number of pyridine rings is 1. The molecular formula is C12H20ClN3S. The molecule has 0 amide bonds. The van der Waals surface area contributed by atoms with Crippen LogP contribution in [-0.4, -0.2) is 42.0 Å². The fourth-order valence-corrected chi connectivity index (χ4v) is 2.12. The molecule has 0 fully saturated rings. The number of anilines is 1. The van der Waals surface area contributed by atoms with Crippen molar-refractivity contribution in [2.24, 2.45) is 0 Å². The molecular weight excluding hydrogens is 254 g/mol. The van der Waals surface area contributed by atoms with Gasteiger partial charge in [0.25, 0.3) is 0 Å². The molecule has 0 bridgehead atoms. The second-order valence-electron chi connectivity index (χ2n) is 3.89. The minimum Gasteiger partial charge on any atom is -0.370 e. The third-order valence-electron chi connectivity index (χ3n) is 2.37. The van der Waals surface area contributed by atoms with E-state index in [2.05, 4.69) is 35.4 Å². The standard InChI is InChI=1S/C12H20ClN3S/c1-4-14-12-6-5-10(13)11(15-12)9-16(2)7-8-17-3/h5-6H,4,7-9H2,1-3H3,(H,14,15). The fraction of sp³-hybridized carbons (Fsp3) is 0.583. The number of halogens is 1. The molecule has 0 aliphatic heterocycles. The number of nitrogens with one attached hydrogen (secondary N) is 1.